The number of thioether (sulfide) groups is 1. The molecule has 0 fully saturated rings. The molecule has 5 nitrogen and oxygen atoms in total. The molecule has 1 aromatic rings. The first-order chi connectivity index (χ1) is 10.5. The van der Waals surface area contributed by atoms with Crippen molar-refractivity contribution >= 4 is 50.7 Å². The fraction of sp³-hybridized carbons (Fsp3) is 0.133. The van der Waals surface area contributed by atoms with Crippen LogP contribution in [0.4, 0.5) is 0 Å². The highest BCUT2D eigenvalue weighted by Gasteiger charge is 2.22. The number of amides is 2. The van der Waals surface area contributed by atoms with Gasteiger partial charge >= 0.3 is 0 Å². The normalized spacial score (nSPS) is 15.6. The van der Waals surface area contributed by atoms with Gasteiger partial charge in [-0.15, -0.1) is 0 Å². The number of nitrogens with one attached hydrogen (secondary N) is 1. The maximum Gasteiger partial charge on any atom is 0.286 e. The van der Waals surface area contributed by atoms with E-state index in [4.69, 9.17) is 4.74 Å². The SMILES string of the molecule is C=CCOc1ccc(/C=C2/SC(NC(C)=O)=NC2=O)cc1Br. The Morgan fingerprint density at radius 1 is 1.55 bits per heavy atom. The van der Waals surface area contributed by atoms with Crippen molar-refractivity contribution in [1.29, 1.82) is 0 Å². The fourth-order valence-corrected chi connectivity index (χ4v) is 3.01. The highest BCUT2D eigenvalue weighted by molar-refractivity contribution is 9.10. The molecular weight excluding hydrogens is 368 g/mol. The van der Waals surface area contributed by atoms with Crippen molar-refractivity contribution in [3.63, 3.8) is 0 Å². The van der Waals surface area contributed by atoms with Crippen molar-refractivity contribution in [2.75, 3.05) is 6.61 Å². The smallest absolute Gasteiger partial charge is 0.286 e. The molecule has 0 bridgehead atoms. The molecule has 2 amide bonds. The number of aliphatic imine (C=N–C) groups is 1. The van der Waals surface area contributed by atoms with E-state index >= 15 is 0 Å². The number of hydrogen-bond acceptors (Lipinski definition) is 4. The zero-order valence-electron chi connectivity index (χ0n) is 11.8. The molecule has 7 heteroatoms. The molecule has 0 aromatic heterocycles. The Morgan fingerprint density at radius 3 is 2.95 bits per heavy atom. The van der Waals surface area contributed by atoms with E-state index in [1.807, 2.05) is 12.1 Å². The molecule has 0 saturated carbocycles. The Balaban J connectivity index is 2.13. The summed E-state index contributed by atoms with van der Waals surface area (Å²) in [5.41, 5.74) is 0.827. The molecule has 0 radical (unpaired) electrons. The summed E-state index contributed by atoms with van der Waals surface area (Å²) in [6.07, 6.45) is 3.38. The van der Waals surface area contributed by atoms with Crippen LogP contribution < -0.4 is 10.1 Å². The van der Waals surface area contributed by atoms with Crippen molar-refractivity contribution in [2.24, 2.45) is 4.99 Å². The lowest BCUT2D eigenvalue weighted by Gasteiger charge is -2.06. The van der Waals surface area contributed by atoms with E-state index < -0.39 is 0 Å². The summed E-state index contributed by atoms with van der Waals surface area (Å²) in [6.45, 7) is 5.38. The number of halogens is 1. The van der Waals surface area contributed by atoms with Gasteiger partial charge in [-0.1, -0.05) is 18.7 Å². The topological polar surface area (TPSA) is 67.8 Å². The van der Waals surface area contributed by atoms with Crippen LogP contribution >= 0.6 is 27.7 Å². The van der Waals surface area contributed by atoms with Gasteiger partial charge in [0.15, 0.2) is 5.17 Å². The minimum atomic E-state index is -0.364. The number of carbonyl (C=O) groups is 2. The van der Waals surface area contributed by atoms with E-state index in [0.29, 0.717) is 22.4 Å². The summed E-state index contributed by atoms with van der Waals surface area (Å²) in [4.78, 5) is 27.0. The number of benzene rings is 1. The van der Waals surface area contributed by atoms with Gasteiger partial charge in [0.1, 0.15) is 12.4 Å². The van der Waals surface area contributed by atoms with Gasteiger partial charge in [-0.3, -0.25) is 9.59 Å². The van der Waals surface area contributed by atoms with Crippen LogP contribution in [-0.2, 0) is 9.59 Å². The molecule has 0 aliphatic carbocycles. The maximum absolute atomic E-state index is 11.8. The van der Waals surface area contributed by atoms with Gasteiger partial charge in [-0.25, -0.2) is 0 Å². The van der Waals surface area contributed by atoms with E-state index in [2.05, 4.69) is 32.8 Å². The molecule has 114 valence electrons. The second kappa shape index (κ2) is 7.42. The van der Waals surface area contributed by atoms with Crippen LogP contribution in [0, 0.1) is 0 Å². The van der Waals surface area contributed by atoms with E-state index in [1.54, 1.807) is 18.2 Å². The minimum Gasteiger partial charge on any atom is -0.488 e. The van der Waals surface area contributed by atoms with E-state index in [9.17, 15) is 9.59 Å². The predicted molar refractivity (Wildman–Crippen MR) is 91.7 cm³/mol. The van der Waals surface area contributed by atoms with Crippen LogP contribution in [0.25, 0.3) is 6.08 Å². The first kappa shape index (κ1) is 16.5. The van der Waals surface area contributed by atoms with Crippen LogP contribution in [0.2, 0.25) is 0 Å². The molecule has 1 aromatic carbocycles. The highest BCUT2D eigenvalue weighted by Crippen LogP contribution is 2.30. The van der Waals surface area contributed by atoms with Crippen LogP contribution in [0.5, 0.6) is 5.75 Å². The minimum absolute atomic E-state index is 0.258. The third-order valence-electron chi connectivity index (χ3n) is 2.51. The molecule has 0 saturated heterocycles. The largest absolute Gasteiger partial charge is 0.488 e. The van der Waals surface area contributed by atoms with Crippen molar-refractivity contribution < 1.29 is 14.3 Å². The van der Waals surface area contributed by atoms with Gasteiger partial charge in [-0.2, -0.15) is 4.99 Å². The molecule has 1 heterocycles. The molecule has 1 aliphatic rings. The summed E-state index contributed by atoms with van der Waals surface area (Å²) >= 11 is 4.56. The number of rotatable bonds is 4. The number of amidine groups is 1. The lowest BCUT2D eigenvalue weighted by molar-refractivity contribution is -0.117. The van der Waals surface area contributed by atoms with Gasteiger partial charge < -0.3 is 10.1 Å². The molecule has 0 spiro atoms. The van der Waals surface area contributed by atoms with Gasteiger partial charge in [0.25, 0.3) is 5.91 Å². The van der Waals surface area contributed by atoms with Crippen LogP contribution in [0.3, 0.4) is 0 Å². The highest BCUT2D eigenvalue weighted by atomic mass is 79.9. The molecular formula is C15H13BrN2O3S. The Morgan fingerprint density at radius 2 is 2.32 bits per heavy atom. The molecule has 2 rings (SSSR count). The van der Waals surface area contributed by atoms with E-state index in [-0.39, 0.29) is 11.8 Å². The second-order valence-electron chi connectivity index (χ2n) is 4.30. The zero-order chi connectivity index (χ0) is 16.1. The lowest BCUT2D eigenvalue weighted by Crippen LogP contribution is -2.23. The molecule has 1 N–H and O–H groups in total. The predicted octanol–water partition coefficient (Wildman–Crippen LogP) is 3.12. The molecule has 22 heavy (non-hydrogen) atoms. The molecule has 0 unspecified atom stereocenters. The average Bonchev–Trinajstić information content (AvgIpc) is 2.77. The van der Waals surface area contributed by atoms with Crippen molar-refractivity contribution in [3.8, 4) is 5.75 Å². The Labute approximate surface area is 140 Å². The van der Waals surface area contributed by atoms with Crippen molar-refractivity contribution in [1.82, 2.24) is 5.32 Å². The maximum atomic E-state index is 11.8. The first-order valence-corrected chi connectivity index (χ1v) is 7.94. The Bertz CT molecular complexity index is 698. The van der Waals surface area contributed by atoms with Gasteiger partial charge in [0.05, 0.1) is 9.38 Å². The van der Waals surface area contributed by atoms with Gasteiger partial charge in [-0.05, 0) is 51.5 Å². The molecule has 1 aliphatic heterocycles. The van der Waals surface area contributed by atoms with E-state index in [0.717, 1.165) is 21.8 Å². The second-order valence-corrected chi connectivity index (χ2v) is 6.19. The summed E-state index contributed by atoms with van der Waals surface area (Å²) in [7, 11) is 0. The third-order valence-corrected chi connectivity index (χ3v) is 4.03. The summed E-state index contributed by atoms with van der Waals surface area (Å²) < 4.78 is 6.24. The monoisotopic (exact) mass is 380 g/mol. The number of carbonyl (C=O) groups excluding carboxylic acids is 2. The standard InChI is InChI=1S/C15H13BrN2O3S/c1-3-6-21-12-5-4-10(7-11(12)16)8-13-14(20)18-15(22-13)17-9(2)19/h3-5,7-8H,1,6H2,2H3,(H,17,18,19,20)/b13-8+. The Kier molecular flexibility index (Phi) is 5.57. The van der Waals surface area contributed by atoms with Gasteiger partial charge in [0.2, 0.25) is 5.91 Å². The Hall–Kier alpha value is -1.86. The summed E-state index contributed by atoms with van der Waals surface area (Å²) in [5.74, 6) is 0.0752. The number of hydrogen-bond donors (Lipinski definition) is 1. The zero-order valence-corrected chi connectivity index (χ0v) is 14.2. The van der Waals surface area contributed by atoms with Crippen molar-refractivity contribution in [3.05, 3.63) is 45.8 Å². The summed E-state index contributed by atoms with van der Waals surface area (Å²) in [6, 6.07) is 5.48. The van der Waals surface area contributed by atoms with Crippen LogP contribution in [-0.4, -0.2) is 23.6 Å². The average molecular weight is 381 g/mol. The third kappa shape index (κ3) is 4.32. The lowest BCUT2D eigenvalue weighted by atomic mass is 10.2. The summed E-state index contributed by atoms with van der Waals surface area (Å²) in [5, 5.41) is 2.81. The number of ether oxygens (including phenoxy) is 1. The number of nitrogens with zero attached hydrogens (tertiary/aromatic N) is 1. The van der Waals surface area contributed by atoms with Crippen molar-refractivity contribution in [2.45, 2.75) is 6.92 Å². The van der Waals surface area contributed by atoms with Crippen LogP contribution in [0.15, 0.2) is 45.2 Å². The van der Waals surface area contributed by atoms with E-state index in [1.165, 1.54) is 6.92 Å². The van der Waals surface area contributed by atoms with Gasteiger partial charge in [0, 0.05) is 6.92 Å². The first-order valence-electron chi connectivity index (χ1n) is 6.33. The molecule has 0 atom stereocenters. The fourth-order valence-electron chi connectivity index (χ4n) is 1.64. The quantitative estimate of drug-likeness (QED) is 0.643. The van der Waals surface area contributed by atoms with Crippen LogP contribution in [0.1, 0.15) is 12.5 Å².